The van der Waals surface area contributed by atoms with Crippen molar-refractivity contribution in [2.75, 3.05) is 33.2 Å². The second kappa shape index (κ2) is 6.51. The largest absolute Gasteiger partial charge is 0.332 e. The minimum atomic E-state index is 0.0780. The lowest BCUT2D eigenvalue weighted by atomic mass is 10.1. The van der Waals surface area contributed by atoms with Crippen LogP contribution >= 0.6 is 38.5 Å². The van der Waals surface area contributed by atoms with E-state index in [1.54, 1.807) is 0 Å². The summed E-state index contributed by atoms with van der Waals surface area (Å²) in [5.74, 6) is 0.0780. The minimum Gasteiger partial charge on any atom is -0.332 e. The van der Waals surface area contributed by atoms with Crippen molar-refractivity contribution in [3.8, 4) is 0 Å². The molecule has 1 heterocycles. The van der Waals surface area contributed by atoms with Crippen molar-refractivity contribution in [1.82, 2.24) is 9.80 Å². The average molecular weight is 438 g/mol. The number of benzene rings is 1. The van der Waals surface area contributed by atoms with Crippen LogP contribution in [0.5, 0.6) is 0 Å². The summed E-state index contributed by atoms with van der Waals surface area (Å²) in [4.78, 5) is 16.8. The highest BCUT2D eigenvalue weighted by Gasteiger charge is 2.29. The summed E-state index contributed by atoms with van der Waals surface area (Å²) >= 11 is 5.62. The number of halogens is 2. The van der Waals surface area contributed by atoms with Gasteiger partial charge in [0, 0.05) is 34.2 Å². The summed E-state index contributed by atoms with van der Waals surface area (Å²) < 4.78 is 1.90. The van der Waals surface area contributed by atoms with Gasteiger partial charge in [-0.15, -0.1) is 0 Å². The summed E-state index contributed by atoms with van der Waals surface area (Å²) in [6, 6.07) is 5.88. The predicted molar refractivity (Wildman–Crippen MR) is 88.2 cm³/mol. The zero-order valence-electron chi connectivity index (χ0n) is 10.8. The maximum atomic E-state index is 12.7. The zero-order chi connectivity index (χ0) is 14.0. The highest BCUT2D eigenvalue weighted by molar-refractivity contribution is 14.1. The molecule has 1 fully saturated rings. The topological polar surface area (TPSA) is 49.6 Å². The molecular formula is C13H17BrIN3O. The van der Waals surface area contributed by atoms with Gasteiger partial charge in [-0.05, 0) is 47.8 Å². The van der Waals surface area contributed by atoms with E-state index in [0.29, 0.717) is 6.54 Å². The maximum Gasteiger partial charge on any atom is 0.255 e. The molecule has 0 aromatic heterocycles. The molecule has 2 rings (SSSR count). The molecule has 19 heavy (non-hydrogen) atoms. The summed E-state index contributed by atoms with van der Waals surface area (Å²) in [6.07, 6.45) is 0. The van der Waals surface area contributed by atoms with Crippen LogP contribution in [0.25, 0.3) is 0 Å². The van der Waals surface area contributed by atoms with E-state index in [1.807, 2.05) is 23.1 Å². The third-order valence-electron chi connectivity index (χ3n) is 3.38. The molecule has 1 unspecified atom stereocenters. The number of likely N-dealkylation sites (N-methyl/N-ethyl adjacent to an activating group) is 1. The van der Waals surface area contributed by atoms with Gasteiger partial charge in [-0.25, -0.2) is 0 Å². The number of hydrogen-bond acceptors (Lipinski definition) is 3. The first kappa shape index (κ1) is 15.2. The van der Waals surface area contributed by atoms with Crippen molar-refractivity contribution in [3.05, 3.63) is 31.8 Å². The Morgan fingerprint density at radius 1 is 1.53 bits per heavy atom. The third kappa shape index (κ3) is 3.48. The smallest absolute Gasteiger partial charge is 0.255 e. The van der Waals surface area contributed by atoms with Crippen LogP contribution in [0.15, 0.2) is 22.7 Å². The Kier molecular flexibility index (Phi) is 5.22. The normalized spacial score (nSPS) is 20.6. The highest BCUT2D eigenvalue weighted by atomic mass is 127. The van der Waals surface area contributed by atoms with Crippen LogP contribution in [0.3, 0.4) is 0 Å². The first-order valence-electron chi connectivity index (χ1n) is 6.17. The molecule has 1 amide bonds. The Balaban J connectivity index is 2.25. The van der Waals surface area contributed by atoms with Gasteiger partial charge in [0.15, 0.2) is 0 Å². The van der Waals surface area contributed by atoms with Crippen LogP contribution in [0, 0.1) is 3.57 Å². The SMILES string of the molecule is CN1CCN(C(=O)c2cc(Br)ccc2I)C(CN)C1. The number of nitrogens with zero attached hydrogens (tertiary/aromatic N) is 2. The Bertz CT molecular complexity index is 483. The molecule has 1 aliphatic heterocycles. The fraction of sp³-hybridized carbons (Fsp3) is 0.462. The standard InChI is InChI=1S/C13H17BrIN3O/c1-17-4-5-18(10(7-16)8-17)13(19)11-6-9(14)2-3-12(11)15/h2-3,6,10H,4-5,7-8,16H2,1H3. The molecule has 4 nitrogen and oxygen atoms in total. The number of nitrogens with two attached hydrogens (primary N) is 1. The zero-order valence-corrected chi connectivity index (χ0v) is 14.5. The van der Waals surface area contributed by atoms with E-state index in [2.05, 4.69) is 50.5 Å². The molecule has 0 bridgehead atoms. The molecule has 1 aliphatic rings. The van der Waals surface area contributed by atoms with E-state index >= 15 is 0 Å². The van der Waals surface area contributed by atoms with Crippen LogP contribution < -0.4 is 5.73 Å². The average Bonchev–Trinajstić information content (AvgIpc) is 2.40. The van der Waals surface area contributed by atoms with Gasteiger partial charge < -0.3 is 15.5 Å². The number of rotatable bonds is 2. The van der Waals surface area contributed by atoms with Crippen LogP contribution in [0.4, 0.5) is 0 Å². The monoisotopic (exact) mass is 437 g/mol. The summed E-state index contributed by atoms with van der Waals surface area (Å²) in [5, 5.41) is 0. The van der Waals surface area contributed by atoms with E-state index in [0.717, 1.165) is 33.2 Å². The summed E-state index contributed by atoms with van der Waals surface area (Å²) in [5.41, 5.74) is 6.56. The number of piperazine rings is 1. The predicted octanol–water partition coefficient (Wildman–Crippen LogP) is 1.77. The Hall–Kier alpha value is -0.180. The Morgan fingerprint density at radius 2 is 2.26 bits per heavy atom. The molecule has 0 aliphatic carbocycles. The molecule has 104 valence electrons. The molecule has 6 heteroatoms. The van der Waals surface area contributed by atoms with Gasteiger partial charge in [0.05, 0.1) is 11.6 Å². The van der Waals surface area contributed by atoms with Crippen molar-refractivity contribution >= 4 is 44.4 Å². The van der Waals surface area contributed by atoms with E-state index < -0.39 is 0 Å². The van der Waals surface area contributed by atoms with Gasteiger partial charge in [-0.2, -0.15) is 0 Å². The lowest BCUT2D eigenvalue weighted by Crippen LogP contribution is -2.56. The lowest BCUT2D eigenvalue weighted by molar-refractivity contribution is 0.0515. The number of carbonyl (C=O) groups excluding carboxylic acids is 1. The summed E-state index contributed by atoms with van der Waals surface area (Å²) in [7, 11) is 2.06. The van der Waals surface area contributed by atoms with Gasteiger partial charge in [-0.3, -0.25) is 4.79 Å². The molecule has 1 aromatic rings. The maximum absolute atomic E-state index is 12.7. The first-order valence-corrected chi connectivity index (χ1v) is 8.04. The second-order valence-corrected chi connectivity index (χ2v) is 6.85. The third-order valence-corrected chi connectivity index (χ3v) is 4.81. The lowest BCUT2D eigenvalue weighted by Gasteiger charge is -2.39. The molecule has 2 N–H and O–H groups in total. The van der Waals surface area contributed by atoms with Crippen molar-refractivity contribution in [2.45, 2.75) is 6.04 Å². The quantitative estimate of drug-likeness (QED) is 0.717. The number of amides is 1. The minimum absolute atomic E-state index is 0.0780. The molecule has 1 aromatic carbocycles. The van der Waals surface area contributed by atoms with Crippen LogP contribution in [0.2, 0.25) is 0 Å². The van der Waals surface area contributed by atoms with Crippen molar-refractivity contribution < 1.29 is 4.79 Å². The molecule has 0 spiro atoms. The fourth-order valence-corrected chi connectivity index (χ4v) is 3.22. The van der Waals surface area contributed by atoms with Crippen LogP contribution in [-0.2, 0) is 0 Å². The molecular weight excluding hydrogens is 421 g/mol. The molecule has 1 saturated heterocycles. The summed E-state index contributed by atoms with van der Waals surface area (Å²) in [6.45, 7) is 2.97. The van der Waals surface area contributed by atoms with Crippen LogP contribution in [-0.4, -0.2) is 55.0 Å². The van der Waals surface area contributed by atoms with Gasteiger partial charge in [-0.1, -0.05) is 15.9 Å². The first-order chi connectivity index (χ1) is 9.02. The van der Waals surface area contributed by atoms with Gasteiger partial charge >= 0.3 is 0 Å². The van der Waals surface area contributed by atoms with E-state index in [1.165, 1.54) is 0 Å². The van der Waals surface area contributed by atoms with Crippen molar-refractivity contribution in [1.29, 1.82) is 0 Å². The number of hydrogen-bond donors (Lipinski definition) is 1. The van der Waals surface area contributed by atoms with Crippen molar-refractivity contribution in [2.24, 2.45) is 5.73 Å². The van der Waals surface area contributed by atoms with Gasteiger partial charge in [0.1, 0.15) is 0 Å². The molecule has 0 saturated carbocycles. The van der Waals surface area contributed by atoms with Crippen LogP contribution in [0.1, 0.15) is 10.4 Å². The van der Waals surface area contributed by atoms with E-state index in [-0.39, 0.29) is 11.9 Å². The van der Waals surface area contributed by atoms with E-state index in [4.69, 9.17) is 5.73 Å². The van der Waals surface area contributed by atoms with Gasteiger partial charge in [0.2, 0.25) is 0 Å². The van der Waals surface area contributed by atoms with Crippen molar-refractivity contribution in [3.63, 3.8) is 0 Å². The Morgan fingerprint density at radius 3 is 2.95 bits per heavy atom. The van der Waals surface area contributed by atoms with Gasteiger partial charge in [0.25, 0.3) is 5.91 Å². The fourth-order valence-electron chi connectivity index (χ4n) is 2.30. The highest BCUT2D eigenvalue weighted by Crippen LogP contribution is 2.21. The van der Waals surface area contributed by atoms with E-state index in [9.17, 15) is 4.79 Å². The second-order valence-electron chi connectivity index (χ2n) is 4.77. The number of carbonyl (C=O) groups is 1. The molecule has 0 radical (unpaired) electrons. The Labute approximate surface area is 135 Å². The molecule has 1 atom stereocenters.